The molecule has 4 rings (SSSR count). The van der Waals surface area contributed by atoms with Gasteiger partial charge < -0.3 is 15.3 Å². The molecule has 0 aliphatic carbocycles. The number of fused-ring (bicyclic) bond motifs is 2. The molecule has 0 saturated heterocycles. The number of nitrogens with zero attached hydrogens (tertiary/aromatic N) is 2. The van der Waals surface area contributed by atoms with Crippen molar-refractivity contribution in [3.8, 4) is 0 Å². The van der Waals surface area contributed by atoms with Crippen LogP contribution >= 0.6 is 0 Å². The number of pyridine rings is 4. The van der Waals surface area contributed by atoms with Crippen LogP contribution < -0.4 is 16.4 Å². The topological polar surface area (TPSA) is 104 Å². The lowest BCUT2D eigenvalue weighted by Gasteiger charge is -2.06. The SMILES string of the molecule is O=c1ccc2ccc(Nc3ccc4ccc(=O)[nH]c4n3)nc2[nH]1. The lowest BCUT2D eigenvalue weighted by molar-refractivity contribution is 1.20. The average Bonchev–Trinajstić information content (AvgIpc) is 2.54. The number of aromatic nitrogens is 4. The van der Waals surface area contributed by atoms with E-state index in [0.29, 0.717) is 22.9 Å². The number of aromatic amines is 2. The second kappa shape index (κ2) is 5.06. The molecule has 4 heterocycles. The van der Waals surface area contributed by atoms with Gasteiger partial charge in [-0.3, -0.25) is 9.59 Å². The molecule has 3 N–H and O–H groups in total. The molecule has 0 atom stereocenters. The lowest BCUT2D eigenvalue weighted by Crippen LogP contribution is -2.06. The van der Waals surface area contributed by atoms with E-state index in [9.17, 15) is 9.59 Å². The number of H-pyrrole nitrogens is 2. The predicted octanol–water partition coefficient (Wildman–Crippen LogP) is 1.90. The summed E-state index contributed by atoms with van der Waals surface area (Å²) in [6.07, 6.45) is 0. The normalized spacial score (nSPS) is 11.0. The zero-order valence-electron chi connectivity index (χ0n) is 11.8. The van der Waals surface area contributed by atoms with E-state index < -0.39 is 0 Å². The van der Waals surface area contributed by atoms with E-state index >= 15 is 0 Å². The Morgan fingerprint density at radius 2 is 1.09 bits per heavy atom. The maximum absolute atomic E-state index is 11.4. The van der Waals surface area contributed by atoms with Gasteiger partial charge in [0.05, 0.1) is 0 Å². The third kappa shape index (κ3) is 2.55. The van der Waals surface area contributed by atoms with Crippen LogP contribution in [0.4, 0.5) is 11.6 Å². The highest BCUT2D eigenvalue weighted by molar-refractivity contribution is 5.79. The zero-order chi connectivity index (χ0) is 15.8. The van der Waals surface area contributed by atoms with Crippen molar-refractivity contribution in [2.45, 2.75) is 0 Å². The van der Waals surface area contributed by atoms with Gasteiger partial charge in [0.25, 0.3) is 0 Å². The minimum atomic E-state index is -0.205. The molecule has 23 heavy (non-hydrogen) atoms. The van der Waals surface area contributed by atoms with Gasteiger partial charge in [-0.1, -0.05) is 0 Å². The summed E-state index contributed by atoms with van der Waals surface area (Å²) in [7, 11) is 0. The Morgan fingerprint density at radius 1 is 0.652 bits per heavy atom. The summed E-state index contributed by atoms with van der Waals surface area (Å²) in [6.45, 7) is 0. The fourth-order valence-electron chi connectivity index (χ4n) is 2.33. The predicted molar refractivity (Wildman–Crippen MR) is 88.0 cm³/mol. The third-order valence-electron chi connectivity index (χ3n) is 3.42. The Kier molecular flexibility index (Phi) is 2.90. The Labute approximate surface area is 129 Å². The monoisotopic (exact) mass is 305 g/mol. The molecule has 7 nitrogen and oxygen atoms in total. The van der Waals surface area contributed by atoms with Gasteiger partial charge in [-0.2, -0.15) is 0 Å². The van der Waals surface area contributed by atoms with Gasteiger partial charge in [0, 0.05) is 22.9 Å². The standard InChI is InChI=1S/C16H11N5O2/c22-13-7-3-9-1-5-11(18-15(9)20-13)17-12-6-2-10-4-8-14(23)21-16(10)19-12/h1-8H,(H3,17,18,19,20,21,22,23). The van der Waals surface area contributed by atoms with E-state index in [1.807, 2.05) is 12.1 Å². The molecule has 4 aromatic heterocycles. The van der Waals surface area contributed by atoms with Crippen molar-refractivity contribution in [1.29, 1.82) is 0 Å². The quantitative estimate of drug-likeness (QED) is 0.525. The van der Waals surface area contributed by atoms with Crippen molar-refractivity contribution in [3.63, 3.8) is 0 Å². The van der Waals surface area contributed by atoms with Gasteiger partial charge in [0.1, 0.15) is 22.9 Å². The first-order valence-electron chi connectivity index (χ1n) is 6.95. The van der Waals surface area contributed by atoms with E-state index in [0.717, 1.165) is 10.8 Å². The maximum Gasteiger partial charge on any atom is 0.249 e. The fraction of sp³-hybridized carbons (Fsp3) is 0. The maximum atomic E-state index is 11.4. The van der Waals surface area contributed by atoms with Crippen LogP contribution in [0.15, 0.2) is 58.1 Å². The molecule has 4 aromatic rings. The highest BCUT2D eigenvalue weighted by Crippen LogP contribution is 2.17. The van der Waals surface area contributed by atoms with Crippen molar-refractivity contribution in [2.24, 2.45) is 0 Å². The molecule has 0 saturated carbocycles. The molecule has 0 unspecified atom stereocenters. The molecule has 0 aliphatic heterocycles. The summed E-state index contributed by atoms with van der Waals surface area (Å²) in [6, 6.07) is 13.6. The van der Waals surface area contributed by atoms with E-state index in [2.05, 4.69) is 25.3 Å². The van der Waals surface area contributed by atoms with Gasteiger partial charge in [0.2, 0.25) is 11.1 Å². The number of hydrogen-bond donors (Lipinski definition) is 3. The zero-order valence-corrected chi connectivity index (χ0v) is 11.8. The largest absolute Gasteiger partial charge is 0.325 e. The van der Waals surface area contributed by atoms with Crippen LogP contribution in [0.1, 0.15) is 0 Å². The van der Waals surface area contributed by atoms with Gasteiger partial charge >= 0.3 is 0 Å². The number of anilines is 2. The van der Waals surface area contributed by atoms with Gasteiger partial charge in [-0.25, -0.2) is 9.97 Å². The molecule has 0 bridgehead atoms. The average molecular weight is 305 g/mol. The molecule has 0 aromatic carbocycles. The third-order valence-corrected chi connectivity index (χ3v) is 3.42. The van der Waals surface area contributed by atoms with Crippen molar-refractivity contribution in [3.05, 3.63) is 69.2 Å². The fourth-order valence-corrected chi connectivity index (χ4v) is 2.33. The Bertz CT molecular complexity index is 1050. The molecule has 7 heteroatoms. The first-order chi connectivity index (χ1) is 11.2. The number of rotatable bonds is 2. The van der Waals surface area contributed by atoms with Crippen LogP contribution in [-0.2, 0) is 0 Å². The molecule has 0 amide bonds. The second-order valence-corrected chi connectivity index (χ2v) is 5.04. The van der Waals surface area contributed by atoms with Crippen LogP contribution in [0.5, 0.6) is 0 Å². The van der Waals surface area contributed by atoms with Gasteiger partial charge in [-0.05, 0) is 36.4 Å². The minimum Gasteiger partial charge on any atom is -0.325 e. The van der Waals surface area contributed by atoms with E-state index in [-0.39, 0.29) is 11.1 Å². The molecule has 0 spiro atoms. The minimum absolute atomic E-state index is 0.205. The molecule has 112 valence electrons. The Morgan fingerprint density at radius 3 is 1.57 bits per heavy atom. The summed E-state index contributed by atoms with van der Waals surface area (Å²) in [4.78, 5) is 36.8. The first-order valence-corrected chi connectivity index (χ1v) is 6.95. The van der Waals surface area contributed by atoms with Crippen LogP contribution in [0.3, 0.4) is 0 Å². The summed E-state index contributed by atoms with van der Waals surface area (Å²) in [5.41, 5.74) is 0.584. The lowest BCUT2D eigenvalue weighted by atomic mass is 10.3. The van der Waals surface area contributed by atoms with Crippen LogP contribution in [-0.4, -0.2) is 19.9 Å². The highest BCUT2D eigenvalue weighted by atomic mass is 16.1. The summed E-state index contributed by atoms with van der Waals surface area (Å²) in [5, 5.41) is 4.74. The molecular formula is C16H11N5O2. The smallest absolute Gasteiger partial charge is 0.249 e. The van der Waals surface area contributed by atoms with Crippen molar-refractivity contribution < 1.29 is 0 Å². The van der Waals surface area contributed by atoms with Crippen LogP contribution in [0.2, 0.25) is 0 Å². The molecule has 0 radical (unpaired) electrons. The second-order valence-electron chi connectivity index (χ2n) is 5.04. The van der Waals surface area contributed by atoms with E-state index in [4.69, 9.17) is 0 Å². The van der Waals surface area contributed by atoms with Crippen molar-refractivity contribution in [1.82, 2.24) is 19.9 Å². The van der Waals surface area contributed by atoms with Crippen molar-refractivity contribution in [2.75, 3.05) is 5.32 Å². The van der Waals surface area contributed by atoms with E-state index in [1.165, 1.54) is 12.1 Å². The first kappa shape index (κ1) is 13.2. The summed E-state index contributed by atoms with van der Waals surface area (Å²) >= 11 is 0. The van der Waals surface area contributed by atoms with Gasteiger partial charge in [-0.15, -0.1) is 0 Å². The number of hydrogen-bond acceptors (Lipinski definition) is 5. The number of nitrogens with one attached hydrogen (secondary N) is 3. The summed E-state index contributed by atoms with van der Waals surface area (Å²) in [5.74, 6) is 1.09. The summed E-state index contributed by atoms with van der Waals surface area (Å²) < 4.78 is 0. The van der Waals surface area contributed by atoms with Crippen LogP contribution in [0, 0.1) is 0 Å². The van der Waals surface area contributed by atoms with E-state index in [1.54, 1.807) is 24.3 Å². The molecule has 0 aliphatic rings. The Balaban J connectivity index is 1.74. The van der Waals surface area contributed by atoms with Crippen molar-refractivity contribution >= 4 is 33.7 Å². The molecular weight excluding hydrogens is 294 g/mol. The highest BCUT2D eigenvalue weighted by Gasteiger charge is 2.03. The van der Waals surface area contributed by atoms with Gasteiger partial charge in [0.15, 0.2) is 0 Å². The molecule has 0 fully saturated rings. The Hall–Kier alpha value is -3.48. The van der Waals surface area contributed by atoms with Crippen LogP contribution in [0.25, 0.3) is 22.1 Å².